The van der Waals surface area contributed by atoms with Gasteiger partial charge in [-0.2, -0.15) is 0 Å². The van der Waals surface area contributed by atoms with Crippen molar-refractivity contribution in [1.29, 1.82) is 0 Å². The largest absolute Gasteiger partial charge is 2.00 e. The van der Waals surface area contributed by atoms with Crippen molar-refractivity contribution in [2.75, 3.05) is 5.73 Å². The van der Waals surface area contributed by atoms with Crippen molar-refractivity contribution in [2.45, 2.75) is 0 Å². The van der Waals surface area contributed by atoms with E-state index in [0.29, 0.717) is 0 Å². The van der Waals surface area contributed by atoms with Crippen molar-refractivity contribution in [1.82, 2.24) is 0 Å². The summed E-state index contributed by atoms with van der Waals surface area (Å²) < 4.78 is 0. The predicted octanol–water partition coefficient (Wildman–Crippen LogP) is 0.727. The Morgan fingerprint density at radius 2 is 2.17 bits per heavy atom. The first-order valence-electron chi connectivity index (χ1n) is 2.85. The number of aromatic hydroxyl groups is 1. The second-order valence-electron chi connectivity index (χ2n) is 1.97. The Hall–Kier alpha value is -1.01. The van der Waals surface area contributed by atoms with E-state index in [2.05, 4.69) is 0 Å². The Balaban J connectivity index is -0.000000403. The van der Waals surface area contributed by atoms with Gasteiger partial charge in [-0.3, -0.25) is 10.1 Å². The van der Waals surface area contributed by atoms with Crippen LogP contribution in [0.5, 0.6) is 5.75 Å². The average Bonchev–Trinajstić information content (AvgIpc) is 1.94. The van der Waals surface area contributed by atoms with Crippen molar-refractivity contribution in [3.8, 4) is 5.75 Å². The van der Waals surface area contributed by atoms with Crippen LogP contribution in [0.4, 0.5) is 11.4 Å². The molecule has 0 amide bonds. The van der Waals surface area contributed by atoms with Crippen LogP contribution in [0.1, 0.15) is 2.85 Å². The molecule has 0 aromatic heterocycles. The summed E-state index contributed by atoms with van der Waals surface area (Å²) in [7, 11) is 0. The fourth-order valence-corrected chi connectivity index (χ4v) is 0.700. The number of phenolic OH excluding ortho intramolecular Hbond substituents is 1. The van der Waals surface area contributed by atoms with Crippen molar-refractivity contribution >= 4 is 34.4 Å². The minimum absolute atomic E-state index is 0. The Kier molecular flexibility index (Phi) is 3.77. The van der Waals surface area contributed by atoms with E-state index in [1.54, 1.807) is 0 Å². The van der Waals surface area contributed by atoms with Crippen LogP contribution < -0.4 is 5.73 Å². The molecule has 62 valence electrons. The first-order valence-corrected chi connectivity index (χ1v) is 2.85. The van der Waals surface area contributed by atoms with Crippen LogP contribution in [0, 0.1) is 10.1 Å². The molecule has 0 fully saturated rings. The van der Waals surface area contributed by atoms with Gasteiger partial charge in [0.15, 0.2) is 5.69 Å². The van der Waals surface area contributed by atoms with Gasteiger partial charge in [-0.1, -0.05) is 6.07 Å². The monoisotopic (exact) mass is 180 g/mol. The maximum Gasteiger partial charge on any atom is 2.00 e. The van der Waals surface area contributed by atoms with Gasteiger partial charge >= 0.3 is 23.1 Å². The van der Waals surface area contributed by atoms with Crippen LogP contribution in [0.25, 0.3) is 0 Å². The van der Waals surface area contributed by atoms with E-state index in [9.17, 15) is 10.1 Å². The molecule has 1 rings (SSSR count). The smallest absolute Gasteiger partial charge is 1.00 e. The SMILES string of the molecule is Nc1c(O)cccc1[N+](=O)[O-].[H-].[H-].[Mg+2]. The molecule has 0 saturated heterocycles. The summed E-state index contributed by atoms with van der Waals surface area (Å²) in [4.78, 5) is 9.54. The van der Waals surface area contributed by atoms with E-state index in [0.717, 1.165) is 0 Å². The van der Waals surface area contributed by atoms with E-state index in [4.69, 9.17) is 10.8 Å². The molecule has 0 aliphatic carbocycles. The fourth-order valence-electron chi connectivity index (χ4n) is 0.700. The van der Waals surface area contributed by atoms with Gasteiger partial charge in [0, 0.05) is 6.07 Å². The van der Waals surface area contributed by atoms with Gasteiger partial charge in [0.1, 0.15) is 5.75 Å². The molecule has 6 heteroatoms. The number of nitrogens with zero attached hydrogens (tertiary/aromatic N) is 1. The number of nitro groups is 1. The number of benzene rings is 1. The van der Waals surface area contributed by atoms with E-state index in [-0.39, 0.29) is 43.0 Å². The Bertz CT molecular complexity index is 311. The van der Waals surface area contributed by atoms with E-state index in [1.807, 2.05) is 0 Å². The summed E-state index contributed by atoms with van der Waals surface area (Å²) in [5.41, 5.74) is 4.72. The van der Waals surface area contributed by atoms with Crippen LogP contribution >= 0.6 is 0 Å². The first kappa shape index (κ1) is 11.0. The number of nitrogen functional groups attached to an aromatic ring is 1. The predicted molar refractivity (Wildman–Crippen MR) is 47.2 cm³/mol. The summed E-state index contributed by atoms with van der Waals surface area (Å²) in [5.74, 6) is -0.265. The number of rotatable bonds is 1. The summed E-state index contributed by atoms with van der Waals surface area (Å²) in [6, 6.07) is 3.89. The third-order valence-corrected chi connectivity index (χ3v) is 1.26. The Morgan fingerprint density at radius 1 is 1.58 bits per heavy atom. The van der Waals surface area contributed by atoms with Crippen molar-refractivity contribution in [2.24, 2.45) is 0 Å². The van der Waals surface area contributed by atoms with Crippen LogP contribution in [0.3, 0.4) is 0 Å². The first-order chi connectivity index (χ1) is 5.13. The van der Waals surface area contributed by atoms with Gasteiger partial charge in [0.05, 0.1) is 4.92 Å². The molecule has 0 aliphatic rings. The minimum Gasteiger partial charge on any atom is -1.00 e. The molecule has 0 radical (unpaired) electrons. The van der Waals surface area contributed by atoms with Crippen LogP contribution in [-0.4, -0.2) is 33.1 Å². The van der Waals surface area contributed by atoms with Gasteiger partial charge < -0.3 is 13.7 Å². The molecule has 0 aliphatic heterocycles. The van der Waals surface area contributed by atoms with Gasteiger partial charge in [-0.15, -0.1) is 0 Å². The number of hydrogen-bond acceptors (Lipinski definition) is 4. The molecule has 0 saturated carbocycles. The summed E-state index contributed by atoms with van der Waals surface area (Å²) in [6.07, 6.45) is 0. The Morgan fingerprint density at radius 3 is 2.58 bits per heavy atom. The third kappa shape index (κ3) is 1.99. The average molecular weight is 180 g/mol. The summed E-state index contributed by atoms with van der Waals surface area (Å²) >= 11 is 0. The fraction of sp³-hybridized carbons (Fsp3) is 0. The number of anilines is 1. The number of phenols is 1. The zero-order valence-corrected chi connectivity index (χ0v) is 7.64. The maximum atomic E-state index is 10.2. The normalized spacial score (nSPS) is 8.67. The van der Waals surface area contributed by atoms with E-state index >= 15 is 0 Å². The summed E-state index contributed by atoms with van der Waals surface area (Å²) in [5, 5.41) is 19.1. The summed E-state index contributed by atoms with van der Waals surface area (Å²) in [6.45, 7) is 0. The second kappa shape index (κ2) is 4.12. The number of nitrogens with two attached hydrogens (primary N) is 1. The third-order valence-electron chi connectivity index (χ3n) is 1.26. The standard InChI is InChI=1S/C6H6N2O3.Mg.2H/c7-6-4(8(10)11)2-1-3-5(6)9;;;/h1-3,9H,7H2;;;/q;+2;2*-1. The molecule has 0 heterocycles. The van der Waals surface area contributed by atoms with Crippen LogP contribution in [0.15, 0.2) is 18.2 Å². The molecule has 0 bridgehead atoms. The van der Waals surface area contributed by atoms with E-state index < -0.39 is 4.92 Å². The number of para-hydroxylation sites is 1. The molecular formula is C6H8MgN2O3. The minimum atomic E-state index is -0.644. The molecule has 12 heavy (non-hydrogen) atoms. The molecule has 1 aromatic carbocycles. The van der Waals surface area contributed by atoms with Crippen LogP contribution in [-0.2, 0) is 0 Å². The maximum absolute atomic E-state index is 10.2. The second-order valence-corrected chi connectivity index (χ2v) is 1.97. The zero-order chi connectivity index (χ0) is 8.43. The molecule has 5 nitrogen and oxygen atoms in total. The van der Waals surface area contributed by atoms with Gasteiger partial charge in [-0.25, -0.2) is 0 Å². The van der Waals surface area contributed by atoms with Gasteiger partial charge in [-0.05, 0) is 6.07 Å². The molecule has 1 aromatic rings. The molecule has 0 unspecified atom stereocenters. The van der Waals surface area contributed by atoms with Gasteiger partial charge in [0.2, 0.25) is 0 Å². The van der Waals surface area contributed by atoms with Crippen molar-refractivity contribution in [3.63, 3.8) is 0 Å². The van der Waals surface area contributed by atoms with Crippen molar-refractivity contribution < 1.29 is 12.9 Å². The number of hydrogen-bond donors (Lipinski definition) is 2. The zero-order valence-electron chi connectivity index (χ0n) is 8.23. The topological polar surface area (TPSA) is 89.4 Å². The number of nitro benzene ring substituents is 1. The quantitative estimate of drug-likeness (QED) is 0.219. The molecular weight excluding hydrogens is 172 g/mol. The van der Waals surface area contributed by atoms with Gasteiger partial charge in [0.25, 0.3) is 5.69 Å². The van der Waals surface area contributed by atoms with Crippen LogP contribution in [0.2, 0.25) is 0 Å². The van der Waals surface area contributed by atoms with Crippen molar-refractivity contribution in [3.05, 3.63) is 28.3 Å². The molecule has 0 atom stereocenters. The Labute approximate surface area is 87.5 Å². The van der Waals surface area contributed by atoms with E-state index in [1.165, 1.54) is 18.2 Å². The molecule has 3 N–H and O–H groups in total. The molecule has 0 spiro atoms.